The molecule has 1 aromatic rings. The van der Waals surface area contributed by atoms with Crippen molar-refractivity contribution in [3.8, 4) is 6.07 Å². The Bertz CT molecular complexity index is 289. The Morgan fingerprint density at radius 3 is 2.54 bits per heavy atom. The van der Waals surface area contributed by atoms with Crippen molar-refractivity contribution in [1.29, 1.82) is 5.26 Å². The van der Waals surface area contributed by atoms with Crippen LogP contribution >= 0.6 is 0 Å². The maximum atomic E-state index is 9.55. The Kier molecular flexibility index (Phi) is 3.48. The zero-order valence-electron chi connectivity index (χ0n) is 7.64. The summed E-state index contributed by atoms with van der Waals surface area (Å²) in [5.74, 6) is 0.0286. The van der Waals surface area contributed by atoms with E-state index in [1.54, 1.807) is 0 Å². The Balaban J connectivity index is 2.69. The van der Waals surface area contributed by atoms with E-state index in [2.05, 4.69) is 0 Å². The van der Waals surface area contributed by atoms with Crippen molar-refractivity contribution in [1.82, 2.24) is 0 Å². The van der Waals surface area contributed by atoms with E-state index in [-0.39, 0.29) is 12.3 Å². The first kappa shape index (κ1) is 9.76. The quantitative estimate of drug-likeness (QED) is 0.764. The number of nitriles is 1. The smallest absolute Gasteiger partial charge is 0.0735 e. The molecular weight excluding hydrogens is 162 g/mol. The third-order valence-electron chi connectivity index (χ3n) is 2.20. The minimum absolute atomic E-state index is 0.0286. The highest BCUT2D eigenvalue weighted by molar-refractivity contribution is 5.20. The predicted octanol–water partition coefficient (Wildman–Crippen LogP) is 2.06. The molecule has 0 aliphatic heterocycles. The summed E-state index contributed by atoms with van der Waals surface area (Å²) in [4.78, 5) is 0. The van der Waals surface area contributed by atoms with Gasteiger partial charge in [0.25, 0.3) is 0 Å². The molecule has 2 heteroatoms. The molecule has 13 heavy (non-hydrogen) atoms. The molecule has 0 saturated heterocycles. The van der Waals surface area contributed by atoms with Crippen molar-refractivity contribution in [2.75, 3.05) is 0 Å². The molecule has 2 atom stereocenters. The van der Waals surface area contributed by atoms with Gasteiger partial charge < -0.3 is 5.11 Å². The molecule has 0 fully saturated rings. The van der Waals surface area contributed by atoms with Crippen molar-refractivity contribution in [3.05, 3.63) is 35.9 Å². The highest BCUT2D eigenvalue weighted by Crippen LogP contribution is 2.20. The molecular formula is C11H13NO. The van der Waals surface area contributed by atoms with Crippen LogP contribution in [-0.4, -0.2) is 11.2 Å². The maximum Gasteiger partial charge on any atom is 0.0735 e. The van der Waals surface area contributed by atoms with Crippen LogP contribution in [0.5, 0.6) is 0 Å². The molecule has 0 saturated carbocycles. The van der Waals surface area contributed by atoms with Gasteiger partial charge in [0.05, 0.1) is 18.6 Å². The lowest BCUT2D eigenvalue weighted by Crippen LogP contribution is -2.14. The molecule has 0 aliphatic rings. The summed E-state index contributed by atoms with van der Waals surface area (Å²) >= 11 is 0. The Hall–Kier alpha value is -1.33. The number of hydrogen-bond acceptors (Lipinski definition) is 2. The van der Waals surface area contributed by atoms with E-state index in [0.717, 1.165) is 5.56 Å². The standard InChI is InChI=1S/C11H13NO/c1-9(11(13)7-8-12)10-5-3-2-4-6-10/h2-6,9,11,13H,7H2,1H3. The number of hydrogen-bond donors (Lipinski definition) is 1. The monoisotopic (exact) mass is 175 g/mol. The molecule has 2 nitrogen and oxygen atoms in total. The first-order valence-corrected chi connectivity index (χ1v) is 4.35. The van der Waals surface area contributed by atoms with Gasteiger partial charge in [-0.3, -0.25) is 0 Å². The SMILES string of the molecule is CC(c1ccccc1)C(O)CC#N. The van der Waals surface area contributed by atoms with E-state index in [1.165, 1.54) is 0 Å². The van der Waals surface area contributed by atoms with Gasteiger partial charge in [-0.1, -0.05) is 37.3 Å². The molecule has 1 aromatic carbocycles. The van der Waals surface area contributed by atoms with E-state index in [1.807, 2.05) is 43.3 Å². The number of rotatable bonds is 3. The normalized spacial score (nSPS) is 14.5. The van der Waals surface area contributed by atoms with E-state index < -0.39 is 6.10 Å². The van der Waals surface area contributed by atoms with Gasteiger partial charge >= 0.3 is 0 Å². The lowest BCUT2D eigenvalue weighted by molar-refractivity contribution is 0.154. The van der Waals surface area contributed by atoms with Crippen LogP contribution in [0.15, 0.2) is 30.3 Å². The summed E-state index contributed by atoms with van der Waals surface area (Å²) in [5, 5.41) is 18.0. The summed E-state index contributed by atoms with van der Waals surface area (Å²) in [6.45, 7) is 1.93. The number of aliphatic hydroxyl groups is 1. The van der Waals surface area contributed by atoms with Crippen molar-refractivity contribution in [2.45, 2.75) is 25.4 Å². The Morgan fingerprint density at radius 2 is 2.00 bits per heavy atom. The fraction of sp³-hybridized carbons (Fsp3) is 0.364. The van der Waals surface area contributed by atoms with Crippen LogP contribution < -0.4 is 0 Å². The zero-order chi connectivity index (χ0) is 9.68. The van der Waals surface area contributed by atoms with E-state index in [9.17, 15) is 5.11 Å². The molecule has 68 valence electrons. The fourth-order valence-corrected chi connectivity index (χ4v) is 1.25. The molecule has 1 N–H and O–H groups in total. The van der Waals surface area contributed by atoms with Crippen LogP contribution in [0.4, 0.5) is 0 Å². The Morgan fingerprint density at radius 1 is 1.38 bits per heavy atom. The highest BCUT2D eigenvalue weighted by Gasteiger charge is 2.14. The van der Waals surface area contributed by atoms with Gasteiger partial charge in [-0.25, -0.2) is 0 Å². The van der Waals surface area contributed by atoms with Gasteiger partial charge in [0.1, 0.15) is 0 Å². The van der Waals surface area contributed by atoms with Crippen LogP contribution in [0.25, 0.3) is 0 Å². The number of benzene rings is 1. The van der Waals surface area contributed by atoms with Gasteiger partial charge in [-0.2, -0.15) is 5.26 Å². The van der Waals surface area contributed by atoms with Crippen molar-refractivity contribution >= 4 is 0 Å². The molecule has 0 radical (unpaired) electrons. The molecule has 2 unspecified atom stereocenters. The van der Waals surface area contributed by atoms with Crippen LogP contribution in [0, 0.1) is 11.3 Å². The van der Waals surface area contributed by atoms with Crippen LogP contribution in [-0.2, 0) is 0 Å². The number of nitrogens with zero attached hydrogens (tertiary/aromatic N) is 1. The average molecular weight is 175 g/mol. The van der Waals surface area contributed by atoms with Crippen LogP contribution in [0.2, 0.25) is 0 Å². The summed E-state index contributed by atoms with van der Waals surface area (Å²) in [6.07, 6.45) is -0.372. The van der Waals surface area contributed by atoms with Crippen LogP contribution in [0.1, 0.15) is 24.8 Å². The predicted molar refractivity (Wildman–Crippen MR) is 51.1 cm³/mol. The third-order valence-corrected chi connectivity index (χ3v) is 2.20. The summed E-state index contributed by atoms with van der Waals surface area (Å²) in [5.41, 5.74) is 1.07. The first-order chi connectivity index (χ1) is 6.25. The van der Waals surface area contributed by atoms with Gasteiger partial charge in [-0.05, 0) is 5.56 Å². The van der Waals surface area contributed by atoms with Gasteiger partial charge in [-0.15, -0.1) is 0 Å². The van der Waals surface area contributed by atoms with E-state index in [4.69, 9.17) is 5.26 Å². The molecule has 0 amide bonds. The van der Waals surface area contributed by atoms with Crippen molar-refractivity contribution in [2.24, 2.45) is 0 Å². The minimum atomic E-state index is -0.563. The van der Waals surface area contributed by atoms with Crippen molar-refractivity contribution in [3.63, 3.8) is 0 Å². The second-order valence-electron chi connectivity index (χ2n) is 3.13. The lowest BCUT2D eigenvalue weighted by Gasteiger charge is -2.16. The topological polar surface area (TPSA) is 44.0 Å². The van der Waals surface area contributed by atoms with Crippen molar-refractivity contribution < 1.29 is 5.11 Å². The van der Waals surface area contributed by atoms with Gasteiger partial charge in [0, 0.05) is 5.92 Å². The second-order valence-corrected chi connectivity index (χ2v) is 3.13. The minimum Gasteiger partial charge on any atom is -0.391 e. The van der Waals surface area contributed by atoms with E-state index in [0.29, 0.717) is 0 Å². The lowest BCUT2D eigenvalue weighted by atomic mass is 9.94. The van der Waals surface area contributed by atoms with E-state index >= 15 is 0 Å². The highest BCUT2D eigenvalue weighted by atomic mass is 16.3. The molecule has 1 rings (SSSR count). The average Bonchev–Trinajstić information content (AvgIpc) is 2.18. The molecule has 0 aliphatic carbocycles. The third kappa shape index (κ3) is 2.57. The van der Waals surface area contributed by atoms with Gasteiger partial charge in [0.15, 0.2) is 0 Å². The Labute approximate surface area is 78.4 Å². The second kappa shape index (κ2) is 4.64. The maximum absolute atomic E-state index is 9.55. The first-order valence-electron chi connectivity index (χ1n) is 4.35. The molecule has 0 bridgehead atoms. The summed E-state index contributed by atoms with van der Waals surface area (Å²) < 4.78 is 0. The fourth-order valence-electron chi connectivity index (χ4n) is 1.25. The largest absolute Gasteiger partial charge is 0.391 e. The molecule has 0 spiro atoms. The number of aliphatic hydroxyl groups excluding tert-OH is 1. The zero-order valence-corrected chi connectivity index (χ0v) is 7.64. The molecule has 0 heterocycles. The molecule has 0 aromatic heterocycles. The van der Waals surface area contributed by atoms with Gasteiger partial charge in [0.2, 0.25) is 0 Å². The van der Waals surface area contributed by atoms with Crippen LogP contribution in [0.3, 0.4) is 0 Å². The summed E-state index contributed by atoms with van der Waals surface area (Å²) in [6, 6.07) is 11.7. The summed E-state index contributed by atoms with van der Waals surface area (Å²) in [7, 11) is 0.